The molecule has 0 saturated carbocycles. The lowest BCUT2D eigenvalue weighted by atomic mass is 10.1. The fourth-order valence-electron chi connectivity index (χ4n) is 3.30. The second-order valence-electron chi connectivity index (χ2n) is 7.96. The number of sulfonamides is 1. The summed E-state index contributed by atoms with van der Waals surface area (Å²) in [6.45, 7) is 5.18. The van der Waals surface area contributed by atoms with E-state index in [1.807, 2.05) is 38.1 Å². The summed E-state index contributed by atoms with van der Waals surface area (Å²) in [6, 6.07) is 18.9. The fraction of sp³-hybridized carbons (Fsp3) is 0.231. The predicted molar refractivity (Wildman–Crippen MR) is 137 cm³/mol. The zero-order valence-corrected chi connectivity index (χ0v) is 21.2. The van der Waals surface area contributed by atoms with Gasteiger partial charge in [0.25, 0.3) is 15.9 Å². The van der Waals surface area contributed by atoms with Gasteiger partial charge in [0, 0.05) is 6.07 Å². The van der Waals surface area contributed by atoms with Crippen LogP contribution in [0.5, 0.6) is 11.5 Å². The molecule has 0 aliphatic carbocycles. The Labute approximate surface area is 206 Å². The van der Waals surface area contributed by atoms with Gasteiger partial charge in [-0.05, 0) is 50.6 Å². The number of hydrogen-bond acceptors (Lipinski definition) is 6. The van der Waals surface area contributed by atoms with Crippen LogP contribution in [0.15, 0.2) is 76.7 Å². The minimum Gasteiger partial charge on any atom is -0.493 e. The van der Waals surface area contributed by atoms with Crippen molar-refractivity contribution in [3.05, 3.63) is 83.4 Å². The maximum absolute atomic E-state index is 13.6. The van der Waals surface area contributed by atoms with E-state index >= 15 is 0 Å². The van der Waals surface area contributed by atoms with Gasteiger partial charge in [-0.1, -0.05) is 47.5 Å². The van der Waals surface area contributed by atoms with Crippen LogP contribution in [0.2, 0.25) is 0 Å². The third-order valence-corrected chi connectivity index (χ3v) is 7.14. The fourth-order valence-corrected chi connectivity index (χ4v) is 4.74. The van der Waals surface area contributed by atoms with Crippen LogP contribution in [0.25, 0.3) is 0 Å². The smallest absolute Gasteiger partial charge is 0.264 e. The highest BCUT2D eigenvalue weighted by atomic mass is 32.2. The Morgan fingerprint density at radius 3 is 2.03 bits per heavy atom. The highest BCUT2D eigenvalue weighted by molar-refractivity contribution is 7.92. The maximum atomic E-state index is 13.6. The van der Waals surface area contributed by atoms with Crippen LogP contribution < -0.4 is 19.2 Å². The second kappa shape index (κ2) is 11.1. The summed E-state index contributed by atoms with van der Waals surface area (Å²) in [5.41, 5.74) is 6.34. The van der Waals surface area contributed by atoms with E-state index in [1.165, 1.54) is 32.4 Å². The number of methoxy groups -OCH3 is 2. The van der Waals surface area contributed by atoms with Gasteiger partial charge >= 0.3 is 0 Å². The first-order valence-electron chi connectivity index (χ1n) is 10.9. The number of aryl methyl sites for hydroxylation is 2. The van der Waals surface area contributed by atoms with Gasteiger partial charge in [0.15, 0.2) is 11.5 Å². The monoisotopic (exact) mass is 495 g/mol. The van der Waals surface area contributed by atoms with E-state index in [9.17, 15) is 13.2 Å². The van der Waals surface area contributed by atoms with Crippen molar-refractivity contribution < 1.29 is 22.7 Å². The van der Waals surface area contributed by atoms with Crippen LogP contribution in [0.3, 0.4) is 0 Å². The lowest BCUT2D eigenvalue weighted by molar-refractivity contribution is -0.119. The molecule has 0 aliphatic heterocycles. The van der Waals surface area contributed by atoms with Crippen LogP contribution in [0.1, 0.15) is 23.6 Å². The molecule has 0 aliphatic rings. The number of anilines is 1. The summed E-state index contributed by atoms with van der Waals surface area (Å²) in [5, 5.41) is 4.15. The summed E-state index contributed by atoms with van der Waals surface area (Å²) in [6.07, 6.45) is 0. The van der Waals surface area contributed by atoms with Crippen molar-refractivity contribution in [2.75, 3.05) is 25.1 Å². The molecule has 0 fully saturated rings. The van der Waals surface area contributed by atoms with E-state index in [0.29, 0.717) is 17.1 Å². The van der Waals surface area contributed by atoms with Gasteiger partial charge < -0.3 is 9.47 Å². The van der Waals surface area contributed by atoms with Gasteiger partial charge in [0.2, 0.25) is 0 Å². The summed E-state index contributed by atoms with van der Waals surface area (Å²) >= 11 is 0. The summed E-state index contributed by atoms with van der Waals surface area (Å²) in [7, 11) is -1.24. The molecule has 0 radical (unpaired) electrons. The highest BCUT2D eigenvalue weighted by Crippen LogP contribution is 2.32. The zero-order chi connectivity index (χ0) is 25.6. The number of nitrogens with zero attached hydrogens (tertiary/aromatic N) is 2. The standard InChI is InChI=1S/C26H29N3O5S/c1-18-6-10-21(11-7-18)20(3)27-28-26(30)17-29(22-12-8-19(2)9-13-22)35(31,32)23-14-15-24(33-4)25(16-23)34-5/h6-16H,17H2,1-5H3,(H,28,30)/b27-20-. The topological polar surface area (TPSA) is 97.3 Å². The molecule has 0 aromatic heterocycles. The number of hydrazone groups is 1. The third-order valence-electron chi connectivity index (χ3n) is 5.37. The molecule has 0 atom stereocenters. The minimum absolute atomic E-state index is 0.0390. The van der Waals surface area contributed by atoms with E-state index < -0.39 is 22.5 Å². The molecule has 0 heterocycles. The van der Waals surface area contributed by atoms with E-state index in [0.717, 1.165) is 21.0 Å². The molecular formula is C26H29N3O5S. The molecule has 0 saturated heterocycles. The van der Waals surface area contributed by atoms with Crippen molar-refractivity contribution in [3.8, 4) is 11.5 Å². The number of benzene rings is 3. The molecule has 3 aromatic carbocycles. The third kappa shape index (κ3) is 6.19. The predicted octanol–water partition coefficient (Wildman–Crippen LogP) is 4.06. The zero-order valence-electron chi connectivity index (χ0n) is 20.4. The minimum atomic E-state index is -4.13. The van der Waals surface area contributed by atoms with Crippen LogP contribution in [-0.4, -0.2) is 40.8 Å². The molecule has 184 valence electrons. The van der Waals surface area contributed by atoms with E-state index in [2.05, 4.69) is 10.5 Å². The lowest BCUT2D eigenvalue weighted by Crippen LogP contribution is -2.39. The number of hydrogen-bond donors (Lipinski definition) is 1. The Morgan fingerprint density at radius 2 is 1.46 bits per heavy atom. The van der Waals surface area contributed by atoms with Gasteiger partial charge in [-0.15, -0.1) is 0 Å². The first-order valence-corrected chi connectivity index (χ1v) is 12.3. The molecule has 8 nitrogen and oxygen atoms in total. The van der Waals surface area contributed by atoms with Gasteiger partial charge in [-0.25, -0.2) is 13.8 Å². The Kier molecular flexibility index (Phi) is 8.14. The molecule has 9 heteroatoms. The number of carbonyl (C=O) groups excluding carboxylic acids is 1. The Balaban J connectivity index is 1.91. The Hall–Kier alpha value is -3.85. The first kappa shape index (κ1) is 25.8. The SMILES string of the molecule is COc1ccc(S(=O)(=O)N(CC(=O)N/N=C(/C)c2ccc(C)cc2)c2ccc(C)cc2)cc1OC. The Morgan fingerprint density at radius 1 is 0.886 bits per heavy atom. The van der Waals surface area contributed by atoms with Crippen molar-refractivity contribution in [2.24, 2.45) is 5.10 Å². The van der Waals surface area contributed by atoms with Crippen molar-refractivity contribution in [2.45, 2.75) is 25.7 Å². The normalized spacial score (nSPS) is 11.6. The van der Waals surface area contributed by atoms with E-state index in [1.54, 1.807) is 31.2 Å². The number of ether oxygens (including phenoxy) is 2. The van der Waals surface area contributed by atoms with Crippen molar-refractivity contribution >= 4 is 27.3 Å². The van der Waals surface area contributed by atoms with E-state index in [-0.39, 0.29) is 10.6 Å². The average Bonchev–Trinajstić information content (AvgIpc) is 2.86. The molecule has 1 N–H and O–H groups in total. The van der Waals surface area contributed by atoms with Crippen molar-refractivity contribution in [1.29, 1.82) is 0 Å². The van der Waals surface area contributed by atoms with Gasteiger partial charge in [-0.3, -0.25) is 9.10 Å². The Bertz CT molecular complexity index is 1320. The molecular weight excluding hydrogens is 466 g/mol. The highest BCUT2D eigenvalue weighted by Gasteiger charge is 2.28. The first-order chi connectivity index (χ1) is 16.6. The quantitative estimate of drug-likeness (QED) is 0.357. The van der Waals surface area contributed by atoms with Crippen LogP contribution in [0.4, 0.5) is 5.69 Å². The van der Waals surface area contributed by atoms with Crippen LogP contribution >= 0.6 is 0 Å². The van der Waals surface area contributed by atoms with Crippen molar-refractivity contribution in [1.82, 2.24) is 5.43 Å². The number of carbonyl (C=O) groups is 1. The van der Waals surface area contributed by atoms with E-state index in [4.69, 9.17) is 9.47 Å². The molecule has 0 unspecified atom stereocenters. The second-order valence-corrected chi connectivity index (χ2v) is 9.82. The molecule has 3 aromatic rings. The molecule has 0 bridgehead atoms. The van der Waals surface area contributed by atoms with Crippen molar-refractivity contribution in [3.63, 3.8) is 0 Å². The average molecular weight is 496 g/mol. The molecule has 1 amide bonds. The number of rotatable bonds is 9. The molecule has 0 spiro atoms. The number of nitrogens with one attached hydrogen (secondary N) is 1. The summed E-state index contributed by atoms with van der Waals surface area (Å²) in [4.78, 5) is 12.8. The summed E-state index contributed by atoms with van der Waals surface area (Å²) in [5.74, 6) is 0.0771. The largest absolute Gasteiger partial charge is 0.493 e. The molecule has 3 rings (SSSR count). The van der Waals surface area contributed by atoms with Crippen LogP contribution in [0, 0.1) is 13.8 Å². The molecule has 35 heavy (non-hydrogen) atoms. The van der Waals surface area contributed by atoms with Gasteiger partial charge in [0.05, 0.1) is 30.5 Å². The van der Waals surface area contributed by atoms with Crippen LogP contribution in [-0.2, 0) is 14.8 Å². The number of amides is 1. The van der Waals surface area contributed by atoms with Gasteiger partial charge in [0.1, 0.15) is 6.54 Å². The lowest BCUT2D eigenvalue weighted by Gasteiger charge is -2.24. The summed E-state index contributed by atoms with van der Waals surface area (Å²) < 4.78 is 38.8. The maximum Gasteiger partial charge on any atom is 0.264 e. The van der Waals surface area contributed by atoms with Gasteiger partial charge in [-0.2, -0.15) is 5.10 Å².